The number of nitrogens with zero attached hydrogens (tertiary/aromatic N) is 2. The number of nitrogens with one attached hydrogen (secondary N) is 1. The normalized spacial score (nSPS) is 24.2. The molecule has 1 fully saturated rings. The Kier molecular flexibility index (Phi) is 4.68. The summed E-state index contributed by atoms with van der Waals surface area (Å²) in [5.74, 6) is 0. The molecule has 18 heavy (non-hydrogen) atoms. The Morgan fingerprint density at radius 1 is 1.39 bits per heavy atom. The van der Waals surface area contributed by atoms with Gasteiger partial charge in [-0.1, -0.05) is 19.3 Å². The zero-order valence-electron chi connectivity index (χ0n) is 10.5. The molecule has 2 N–H and O–H groups in total. The molecular formula is C14H19N3O. The average molecular weight is 245 g/mol. The molecule has 4 nitrogen and oxygen atoms in total. The van der Waals surface area contributed by atoms with Gasteiger partial charge in [-0.15, -0.1) is 0 Å². The summed E-state index contributed by atoms with van der Waals surface area (Å²) in [5.41, 5.74) is 1.48. The summed E-state index contributed by atoms with van der Waals surface area (Å²) in [5, 5.41) is 22.2. The van der Waals surface area contributed by atoms with Gasteiger partial charge in [-0.3, -0.25) is 0 Å². The fourth-order valence-electron chi connectivity index (χ4n) is 2.42. The van der Waals surface area contributed by atoms with Crippen molar-refractivity contribution in [2.24, 2.45) is 0 Å². The van der Waals surface area contributed by atoms with E-state index in [2.05, 4.69) is 10.3 Å². The highest BCUT2D eigenvalue weighted by Gasteiger charge is 2.20. The highest BCUT2D eigenvalue weighted by molar-refractivity contribution is 5.25. The Labute approximate surface area is 108 Å². The molecule has 96 valence electrons. The molecule has 1 aliphatic rings. The summed E-state index contributed by atoms with van der Waals surface area (Å²) >= 11 is 0. The molecule has 0 aromatic carbocycles. The van der Waals surface area contributed by atoms with Crippen molar-refractivity contribution in [3.63, 3.8) is 0 Å². The van der Waals surface area contributed by atoms with Gasteiger partial charge in [0.15, 0.2) is 0 Å². The summed E-state index contributed by atoms with van der Waals surface area (Å²) < 4.78 is 0. The molecule has 0 aliphatic heterocycles. The number of aliphatic hydroxyl groups is 1. The lowest BCUT2D eigenvalue weighted by atomic mass is 10.1. The van der Waals surface area contributed by atoms with Crippen LogP contribution in [-0.2, 0) is 6.54 Å². The molecule has 2 unspecified atom stereocenters. The van der Waals surface area contributed by atoms with Gasteiger partial charge in [-0.25, -0.2) is 4.98 Å². The van der Waals surface area contributed by atoms with Crippen molar-refractivity contribution in [3.05, 3.63) is 29.6 Å². The van der Waals surface area contributed by atoms with Crippen LogP contribution < -0.4 is 5.32 Å². The van der Waals surface area contributed by atoms with E-state index >= 15 is 0 Å². The van der Waals surface area contributed by atoms with Crippen LogP contribution in [0.3, 0.4) is 0 Å². The third-order valence-electron chi connectivity index (χ3n) is 3.49. The van der Waals surface area contributed by atoms with Gasteiger partial charge in [-0.2, -0.15) is 5.26 Å². The van der Waals surface area contributed by atoms with Crippen molar-refractivity contribution in [3.8, 4) is 6.07 Å². The first-order chi connectivity index (χ1) is 8.79. The van der Waals surface area contributed by atoms with Gasteiger partial charge in [0.25, 0.3) is 0 Å². The molecule has 1 aromatic heterocycles. The second-order valence-electron chi connectivity index (χ2n) is 4.85. The molecular weight excluding hydrogens is 226 g/mol. The highest BCUT2D eigenvalue weighted by atomic mass is 16.3. The van der Waals surface area contributed by atoms with Crippen molar-refractivity contribution in [1.82, 2.24) is 10.3 Å². The molecule has 0 radical (unpaired) electrons. The van der Waals surface area contributed by atoms with Crippen LogP contribution in [0.1, 0.15) is 43.4 Å². The summed E-state index contributed by atoms with van der Waals surface area (Å²) in [6.45, 7) is 0.679. The molecule has 2 atom stereocenters. The van der Waals surface area contributed by atoms with E-state index in [4.69, 9.17) is 5.26 Å². The number of aliphatic hydroxyl groups excluding tert-OH is 1. The Balaban J connectivity index is 1.91. The van der Waals surface area contributed by atoms with E-state index < -0.39 is 0 Å². The Hall–Kier alpha value is -1.44. The highest BCUT2D eigenvalue weighted by Crippen LogP contribution is 2.18. The minimum Gasteiger partial charge on any atom is -0.392 e. The number of pyridine rings is 1. The van der Waals surface area contributed by atoms with E-state index in [1.807, 2.05) is 12.1 Å². The van der Waals surface area contributed by atoms with Gasteiger partial charge in [0.2, 0.25) is 0 Å². The standard InChI is InChI=1S/C14H19N3O/c15-9-12-8-11(6-7-16-12)10-17-13-4-2-1-3-5-14(13)18/h6-8,13-14,17-18H,1-5,10H2. The summed E-state index contributed by atoms with van der Waals surface area (Å²) in [6.07, 6.45) is 6.82. The minimum atomic E-state index is -0.246. The minimum absolute atomic E-state index is 0.172. The van der Waals surface area contributed by atoms with Crippen LogP contribution in [0.25, 0.3) is 0 Å². The molecule has 0 bridgehead atoms. The monoisotopic (exact) mass is 245 g/mol. The van der Waals surface area contributed by atoms with Crippen molar-refractivity contribution in [2.75, 3.05) is 0 Å². The Bertz CT molecular complexity index is 427. The zero-order valence-corrected chi connectivity index (χ0v) is 10.5. The van der Waals surface area contributed by atoms with Gasteiger partial charge in [-0.05, 0) is 30.5 Å². The quantitative estimate of drug-likeness (QED) is 0.796. The van der Waals surface area contributed by atoms with Crippen LogP contribution in [0.15, 0.2) is 18.3 Å². The lowest BCUT2D eigenvalue weighted by Crippen LogP contribution is -2.38. The van der Waals surface area contributed by atoms with Crippen LogP contribution in [0.5, 0.6) is 0 Å². The SMILES string of the molecule is N#Cc1cc(CNC2CCCCCC2O)ccn1. The Morgan fingerprint density at radius 2 is 2.22 bits per heavy atom. The maximum atomic E-state index is 10.0. The van der Waals surface area contributed by atoms with Gasteiger partial charge < -0.3 is 10.4 Å². The fourth-order valence-corrected chi connectivity index (χ4v) is 2.42. The largest absolute Gasteiger partial charge is 0.392 e. The van der Waals surface area contributed by atoms with Crippen LogP contribution in [0, 0.1) is 11.3 Å². The molecule has 1 aromatic rings. The second-order valence-corrected chi connectivity index (χ2v) is 4.85. The number of rotatable bonds is 3. The molecule has 4 heteroatoms. The predicted octanol–water partition coefficient (Wildman–Crippen LogP) is 1.74. The molecule has 0 amide bonds. The topological polar surface area (TPSA) is 68.9 Å². The van der Waals surface area contributed by atoms with Gasteiger partial charge in [0.1, 0.15) is 11.8 Å². The maximum Gasteiger partial charge on any atom is 0.140 e. The van der Waals surface area contributed by atoms with Crippen LogP contribution in [0.2, 0.25) is 0 Å². The Morgan fingerprint density at radius 3 is 3.06 bits per heavy atom. The van der Waals surface area contributed by atoms with E-state index in [1.54, 1.807) is 12.3 Å². The third kappa shape index (κ3) is 3.52. The molecule has 0 saturated heterocycles. The molecule has 1 heterocycles. The number of nitriles is 1. The van der Waals surface area contributed by atoms with Crippen LogP contribution in [0.4, 0.5) is 0 Å². The number of hydrogen-bond acceptors (Lipinski definition) is 4. The zero-order chi connectivity index (χ0) is 12.8. The second kappa shape index (κ2) is 6.48. The molecule has 1 aliphatic carbocycles. The van der Waals surface area contributed by atoms with Crippen molar-refractivity contribution in [2.45, 2.75) is 50.8 Å². The van der Waals surface area contributed by atoms with Crippen LogP contribution >= 0.6 is 0 Å². The van der Waals surface area contributed by atoms with Gasteiger partial charge in [0.05, 0.1) is 6.10 Å². The van der Waals surface area contributed by atoms with Gasteiger partial charge >= 0.3 is 0 Å². The molecule has 1 saturated carbocycles. The van der Waals surface area contributed by atoms with E-state index in [0.717, 1.165) is 24.8 Å². The van der Waals surface area contributed by atoms with Crippen molar-refractivity contribution in [1.29, 1.82) is 5.26 Å². The lowest BCUT2D eigenvalue weighted by molar-refractivity contribution is 0.119. The summed E-state index contributed by atoms with van der Waals surface area (Å²) in [7, 11) is 0. The van der Waals surface area contributed by atoms with E-state index in [0.29, 0.717) is 12.2 Å². The average Bonchev–Trinajstić information content (AvgIpc) is 2.61. The van der Waals surface area contributed by atoms with E-state index in [1.165, 1.54) is 12.8 Å². The first kappa shape index (κ1) is 13.0. The first-order valence-corrected chi connectivity index (χ1v) is 6.56. The van der Waals surface area contributed by atoms with Gasteiger partial charge in [0, 0.05) is 18.8 Å². The van der Waals surface area contributed by atoms with Crippen molar-refractivity contribution >= 4 is 0 Å². The smallest absolute Gasteiger partial charge is 0.140 e. The lowest BCUT2D eigenvalue weighted by Gasteiger charge is -2.21. The third-order valence-corrected chi connectivity index (χ3v) is 3.49. The van der Waals surface area contributed by atoms with Crippen molar-refractivity contribution < 1.29 is 5.11 Å². The molecule has 0 spiro atoms. The summed E-state index contributed by atoms with van der Waals surface area (Å²) in [6, 6.07) is 5.90. The van der Waals surface area contributed by atoms with E-state index in [-0.39, 0.29) is 12.1 Å². The van der Waals surface area contributed by atoms with E-state index in [9.17, 15) is 5.11 Å². The number of aromatic nitrogens is 1. The fraction of sp³-hybridized carbons (Fsp3) is 0.571. The maximum absolute atomic E-state index is 10.0. The molecule has 2 rings (SSSR count). The van der Waals surface area contributed by atoms with Crippen LogP contribution in [-0.4, -0.2) is 22.2 Å². The number of hydrogen-bond donors (Lipinski definition) is 2. The summed E-state index contributed by atoms with van der Waals surface area (Å²) in [4.78, 5) is 3.94. The first-order valence-electron chi connectivity index (χ1n) is 6.56. The predicted molar refractivity (Wildman–Crippen MR) is 68.7 cm³/mol.